The van der Waals surface area contributed by atoms with Crippen molar-refractivity contribution in [3.05, 3.63) is 24.3 Å². The molecule has 90 valence electrons. The summed E-state index contributed by atoms with van der Waals surface area (Å²) in [5.74, 6) is 0. The summed E-state index contributed by atoms with van der Waals surface area (Å²) in [6, 6.07) is 8.19. The normalized spacial score (nSPS) is 17.2. The van der Waals surface area contributed by atoms with Gasteiger partial charge in [-0.2, -0.15) is 0 Å². The minimum atomic E-state index is 0.293. The van der Waals surface area contributed by atoms with Gasteiger partial charge in [-0.3, -0.25) is 0 Å². The van der Waals surface area contributed by atoms with Gasteiger partial charge in [0.15, 0.2) is 5.13 Å². The molecule has 17 heavy (non-hydrogen) atoms. The number of nitrogens with one attached hydrogen (secondary N) is 1. The lowest BCUT2D eigenvalue weighted by atomic mass is 10.0. The number of aliphatic hydroxyl groups is 1. The zero-order valence-corrected chi connectivity index (χ0v) is 10.5. The van der Waals surface area contributed by atoms with E-state index in [4.69, 9.17) is 5.11 Å². The fourth-order valence-corrected chi connectivity index (χ4v) is 3.00. The minimum absolute atomic E-state index is 0.293. The number of anilines is 1. The molecule has 2 aromatic rings. The van der Waals surface area contributed by atoms with Crippen LogP contribution in [0.25, 0.3) is 10.2 Å². The third-order valence-electron chi connectivity index (χ3n) is 3.51. The van der Waals surface area contributed by atoms with Crippen molar-refractivity contribution in [1.29, 1.82) is 0 Å². The van der Waals surface area contributed by atoms with Gasteiger partial charge in [0.2, 0.25) is 0 Å². The van der Waals surface area contributed by atoms with E-state index >= 15 is 0 Å². The summed E-state index contributed by atoms with van der Waals surface area (Å²) in [7, 11) is 0. The summed E-state index contributed by atoms with van der Waals surface area (Å²) in [5.41, 5.74) is 1.40. The Morgan fingerprint density at radius 1 is 1.35 bits per heavy atom. The minimum Gasteiger partial charge on any atom is -0.396 e. The highest BCUT2D eigenvalue weighted by molar-refractivity contribution is 7.22. The Kier molecular flexibility index (Phi) is 2.76. The highest BCUT2D eigenvalue weighted by Crippen LogP contribution is 2.48. The van der Waals surface area contributed by atoms with E-state index in [0.717, 1.165) is 23.6 Å². The quantitative estimate of drug-likeness (QED) is 0.855. The van der Waals surface area contributed by atoms with Crippen LogP contribution in [0, 0.1) is 5.41 Å². The average molecular weight is 248 g/mol. The molecule has 0 saturated heterocycles. The topological polar surface area (TPSA) is 45.1 Å². The third kappa shape index (κ3) is 2.28. The van der Waals surface area contributed by atoms with Gasteiger partial charge < -0.3 is 10.4 Å². The van der Waals surface area contributed by atoms with Crippen LogP contribution in [-0.4, -0.2) is 23.2 Å². The van der Waals surface area contributed by atoms with Crippen molar-refractivity contribution in [3.63, 3.8) is 0 Å². The molecule has 0 aliphatic heterocycles. The van der Waals surface area contributed by atoms with Gasteiger partial charge in [-0.25, -0.2) is 4.98 Å². The van der Waals surface area contributed by atoms with Crippen LogP contribution < -0.4 is 5.32 Å². The van der Waals surface area contributed by atoms with Gasteiger partial charge >= 0.3 is 0 Å². The maximum Gasteiger partial charge on any atom is 0.183 e. The molecule has 0 amide bonds. The van der Waals surface area contributed by atoms with Crippen molar-refractivity contribution < 1.29 is 5.11 Å². The van der Waals surface area contributed by atoms with Crippen LogP contribution in [0.5, 0.6) is 0 Å². The smallest absolute Gasteiger partial charge is 0.183 e. The largest absolute Gasteiger partial charge is 0.396 e. The molecule has 3 nitrogen and oxygen atoms in total. The van der Waals surface area contributed by atoms with E-state index in [9.17, 15) is 0 Å². The molecule has 0 spiro atoms. The maximum atomic E-state index is 9.01. The number of fused-ring (bicyclic) bond motifs is 1. The first-order chi connectivity index (χ1) is 8.31. The van der Waals surface area contributed by atoms with Crippen LogP contribution in [0.2, 0.25) is 0 Å². The zero-order chi connectivity index (χ0) is 11.7. The number of nitrogens with zero attached hydrogens (tertiary/aromatic N) is 1. The molecule has 0 radical (unpaired) electrons. The summed E-state index contributed by atoms with van der Waals surface area (Å²) >= 11 is 1.70. The van der Waals surface area contributed by atoms with Gasteiger partial charge in [0, 0.05) is 13.2 Å². The van der Waals surface area contributed by atoms with E-state index in [1.54, 1.807) is 11.3 Å². The second-order valence-corrected chi connectivity index (χ2v) is 5.84. The maximum absolute atomic E-state index is 9.01. The van der Waals surface area contributed by atoms with Crippen molar-refractivity contribution in [2.24, 2.45) is 5.41 Å². The highest BCUT2D eigenvalue weighted by atomic mass is 32.1. The Hall–Kier alpha value is -1.13. The lowest BCUT2D eigenvalue weighted by Crippen LogP contribution is -2.16. The standard InChI is InChI=1S/C13H16N2OS/c16-8-7-13(5-6-13)9-14-12-15-10-3-1-2-4-11(10)17-12/h1-4,16H,5-9H2,(H,14,15). The number of rotatable bonds is 5. The number of aromatic nitrogens is 1. The van der Waals surface area contributed by atoms with E-state index in [-0.39, 0.29) is 0 Å². The SMILES string of the molecule is OCCC1(CNc2nc3ccccc3s2)CC1. The molecule has 4 heteroatoms. The summed E-state index contributed by atoms with van der Waals surface area (Å²) < 4.78 is 1.22. The second kappa shape index (κ2) is 4.27. The second-order valence-electron chi connectivity index (χ2n) is 4.81. The zero-order valence-electron chi connectivity index (χ0n) is 9.65. The number of benzene rings is 1. The molecule has 1 aliphatic carbocycles. The van der Waals surface area contributed by atoms with Gasteiger partial charge in [0.05, 0.1) is 10.2 Å². The Morgan fingerprint density at radius 3 is 2.88 bits per heavy atom. The van der Waals surface area contributed by atoms with Crippen molar-refractivity contribution >= 4 is 26.7 Å². The van der Waals surface area contributed by atoms with Crippen molar-refractivity contribution in [3.8, 4) is 0 Å². The molecule has 2 N–H and O–H groups in total. The van der Waals surface area contributed by atoms with E-state index in [1.807, 2.05) is 18.2 Å². The lowest BCUT2D eigenvalue weighted by Gasteiger charge is -2.13. The summed E-state index contributed by atoms with van der Waals surface area (Å²) in [6.07, 6.45) is 3.36. The number of thiazole rings is 1. The number of hydrogen-bond acceptors (Lipinski definition) is 4. The van der Waals surface area contributed by atoms with Crippen LogP contribution in [0.1, 0.15) is 19.3 Å². The molecule has 3 rings (SSSR count). The fraction of sp³-hybridized carbons (Fsp3) is 0.462. The highest BCUT2D eigenvalue weighted by Gasteiger charge is 2.41. The molecular formula is C13H16N2OS. The molecule has 1 aromatic heterocycles. The first-order valence-electron chi connectivity index (χ1n) is 6.02. The van der Waals surface area contributed by atoms with Gasteiger partial charge in [-0.1, -0.05) is 23.5 Å². The molecule has 0 unspecified atom stereocenters. The Bertz CT molecular complexity index is 486. The van der Waals surface area contributed by atoms with Gasteiger partial charge in [0.25, 0.3) is 0 Å². The predicted molar refractivity (Wildman–Crippen MR) is 71.5 cm³/mol. The molecule has 1 heterocycles. The van der Waals surface area contributed by atoms with Crippen LogP contribution in [-0.2, 0) is 0 Å². The van der Waals surface area contributed by atoms with Crippen molar-refractivity contribution in [2.45, 2.75) is 19.3 Å². The Morgan fingerprint density at radius 2 is 2.18 bits per heavy atom. The molecule has 1 aliphatic rings. The fourth-order valence-electron chi connectivity index (χ4n) is 2.14. The molecule has 1 saturated carbocycles. The first kappa shape index (κ1) is 11.0. The van der Waals surface area contributed by atoms with Gasteiger partial charge in [-0.05, 0) is 36.8 Å². The molecular weight excluding hydrogens is 232 g/mol. The van der Waals surface area contributed by atoms with E-state index < -0.39 is 0 Å². The van der Waals surface area contributed by atoms with Crippen LogP contribution >= 0.6 is 11.3 Å². The molecule has 0 atom stereocenters. The molecule has 1 fully saturated rings. The van der Waals surface area contributed by atoms with Crippen molar-refractivity contribution in [2.75, 3.05) is 18.5 Å². The van der Waals surface area contributed by atoms with E-state index in [1.165, 1.54) is 17.5 Å². The van der Waals surface area contributed by atoms with Crippen molar-refractivity contribution in [1.82, 2.24) is 4.98 Å². The summed E-state index contributed by atoms with van der Waals surface area (Å²) in [5, 5.41) is 13.4. The van der Waals surface area contributed by atoms with Crippen LogP contribution in [0.15, 0.2) is 24.3 Å². The predicted octanol–water partition coefficient (Wildman–Crippen LogP) is 2.87. The van der Waals surface area contributed by atoms with Gasteiger partial charge in [-0.15, -0.1) is 0 Å². The van der Waals surface area contributed by atoms with Crippen LogP contribution in [0.4, 0.5) is 5.13 Å². The number of hydrogen-bond donors (Lipinski definition) is 2. The monoisotopic (exact) mass is 248 g/mol. The first-order valence-corrected chi connectivity index (χ1v) is 6.83. The summed E-state index contributed by atoms with van der Waals surface area (Å²) in [4.78, 5) is 4.55. The van der Waals surface area contributed by atoms with E-state index in [2.05, 4.69) is 16.4 Å². The summed E-state index contributed by atoms with van der Waals surface area (Å²) in [6.45, 7) is 1.23. The Balaban J connectivity index is 1.69. The molecule has 0 bridgehead atoms. The Labute approximate surface area is 105 Å². The average Bonchev–Trinajstić information content (AvgIpc) is 2.98. The van der Waals surface area contributed by atoms with E-state index in [0.29, 0.717) is 12.0 Å². The van der Waals surface area contributed by atoms with Gasteiger partial charge in [0.1, 0.15) is 0 Å². The lowest BCUT2D eigenvalue weighted by molar-refractivity contribution is 0.253. The number of para-hydroxylation sites is 1. The van der Waals surface area contributed by atoms with Crippen LogP contribution in [0.3, 0.4) is 0 Å². The molecule has 1 aromatic carbocycles. The third-order valence-corrected chi connectivity index (χ3v) is 4.50. The number of aliphatic hydroxyl groups excluding tert-OH is 1.